The number of carboxylic acid groups (broad SMARTS) is 1. The molecule has 1 amide bonds. The van der Waals surface area contributed by atoms with Crippen LogP contribution < -0.4 is 0 Å². The standard InChI is InChI=1S/C24H39NO3/c1-3-5-6-7-8-9-10-11-12-13-14-15-16-17-18-19-20-21-23(26)25(4-2)22-24(27)28/h8-9,11-12,14-15,17-18H,3-7,10,13,16,19-22H2,1-2H3,(H,27,28)/b9-8-,12-11-,15-14-,18-17-. The van der Waals surface area contributed by atoms with E-state index in [1.54, 1.807) is 6.92 Å². The van der Waals surface area contributed by atoms with Crippen molar-refractivity contribution in [2.45, 2.75) is 78.1 Å². The Hall–Kier alpha value is -2.10. The molecule has 0 spiro atoms. The fourth-order valence-corrected chi connectivity index (χ4v) is 2.63. The molecule has 0 heterocycles. The minimum Gasteiger partial charge on any atom is -0.480 e. The SMILES string of the molecule is CCCCC/C=C\C/C=C\C/C=C\C/C=C\CCCC(=O)N(CC)CC(=O)O. The molecule has 0 aromatic carbocycles. The first-order chi connectivity index (χ1) is 13.6. The molecule has 28 heavy (non-hydrogen) atoms. The topological polar surface area (TPSA) is 57.6 Å². The van der Waals surface area contributed by atoms with Crippen LogP contribution in [0.1, 0.15) is 78.1 Å². The molecule has 0 aromatic heterocycles. The summed E-state index contributed by atoms with van der Waals surface area (Å²) in [4.78, 5) is 24.0. The van der Waals surface area contributed by atoms with Crippen LogP contribution >= 0.6 is 0 Å². The number of aliphatic carboxylic acids is 1. The van der Waals surface area contributed by atoms with E-state index in [4.69, 9.17) is 5.11 Å². The summed E-state index contributed by atoms with van der Waals surface area (Å²) < 4.78 is 0. The van der Waals surface area contributed by atoms with Gasteiger partial charge in [-0.3, -0.25) is 9.59 Å². The van der Waals surface area contributed by atoms with Crippen molar-refractivity contribution in [1.29, 1.82) is 0 Å². The molecule has 1 N–H and O–H groups in total. The molecule has 0 radical (unpaired) electrons. The van der Waals surface area contributed by atoms with Crippen molar-refractivity contribution in [1.82, 2.24) is 4.90 Å². The summed E-state index contributed by atoms with van der Waals surface area (Å²) in [6.45, 7) is 4.26. The van der Waals surface area contributed by atoms with E-state index in [0.717, 1.165) is 32.1 Å². The molecule has 0 aliphatic heterocycles. The molecule has 0 aliphatic rings. The molecular weight excluding hydrogens is 350 g/mol. The van der Waals surface area contributed by atoms with Crippen LogP contribution in [0.5, 0.6) is 0 Å². The van der Waals surface area contributed by atoms with Crippen molar-refractivity contribution >= 4 is 11.9 Å². The Morgan fingerprint density at radius 1 is 0.750 bits per heavy atom. The van der Waals surface area contributed by atoms with Gasteiger partial charge in [0.2, 0.25) is 5.91 Å². The highest BCUT2D eigenvalue weighted by Gasteiger charge is 2.13. The highest BCUT2D eigenvalue weighted by atomic mass is 16.4. The van der Waals surface area contributed by atoms with Crippen molar-refractivity contribution in [3.8, 4) is 0 Å². The van der Waals surface area contributed by atoms with E-state index in [9.17, 15) is 9.59 Å². The van der Waals surface area contributed by atoms with Crippen molar-refractivity contribution in [2.24, 2.45) is 0 Å². The zero-order chi connectivity index (χ0) is 20.9. The minimum absolute atomic E-state index is 0.0826. The minimum atomic E-state index is -0.962. The van der Waals surface area contributed by atoms with Crippen LogP contribution in [-0.2, 0) is 9.59 Å². The lowest BCUT2D eigenvalue weighted by Gasteiger charge is -2.18. The summed E-state index contributed by atoms with van der Waals surface area (Å²) >= 11 is 0. The van der Waals surface area contributed by atoms with E-state index >= 15 is 0 Å². The van der Waals surface area contributed by atoms with Crippen LogP contribution in [-0.4, -0.2) is 35.0 Å². The fourth-order valence-electron chi connectivity index (χ4n) is 2.63. The lowest BCUT2D eigenvalue weighted by molar-refractivity contribution is -0.144. The van der Waals surface area contributed by atoms with Crippen LogP contribution in [0.3, 0.4) is 0 Å². The highest BCUT2D eigenvalue weighted by molar-refractivity contribution is 5.81. The normalized spacial score (nSPS) is 12.1. The fraction of sp³-hybridized carbons (Fsp3) is 0.583. The van der Waals surface area contributed by atoms with Crippen LogP contribution in [0, 0.1) is 0 Å². The molecule has 0 unspecified atom stereocenters. The molecule has 0 aromatic rings. The average Bonchev–Trinajstić information content (AvgIpc) is 2.68. The molecule has 158 valence electrons. The Labute approximate surface area is 171 Å². The number of allylic oxidation sites excluding steroid dienone is 8. The number of rotatable bonds is 17. The summed E-state index contributed by atoms with van der Waals surface area (Å²) in [5.41, 5.74) is 0. The largest absolute Gasteiger partial charge is 0.480 e. The number of carbonyl (C=O) groups is 2. The van der Waals surface area contributed by atoms with Gasteiger partial charge >= 0.3 is 5.97 Å². The first-order valence-corrected chi connectivity index (χ1v) is 10.7. The Bertz CT molecular complexity index is 518. The van der Waals surface area contributed by atoms with Gasteiger partial charge in [0.05, 0.1) is 0 Å². The second-order valence-electron chi connectivity index (χ2n) is 6.78. The molecule has 0 bridgehead atoms. The number of unbranched alkanes of at least 4 members (excludes halogenated alkanes) is 4. The van der Waals surface area contributed by atoms with Crippen LogP contribution in [0.15, 0.2) is 48.6 Å². The molecule has 0 saturated carbocycles. The van der Waals surface area contributed by atoms with E-state index in [-0.39, 0.29) is 12.5 Å². The third-order valence-corrected chi connectivity index (χ3v) is 4.28. The Balaban J connectivity index is 3.67. The molecule has 0 saturated heterocycles. The quantitative estimate of drug-likeness (QED) is 0.243. The summed E-state index contributed by atoms with van der Waals surface area (Å²) in [7, 11) is 0. The summed E-state index contributed by atoms with van der Waals surface area (Å²) in [6.07, 6.45) is 27.4. The third kappa shape index (κ3) is 17.3. The van der Waals surface area contributed by atoms with E-state index < -0.39 is 5.97 Å². The van der Waals surface area contributed by atoms with Crippen molar-refractivity contribution in [3.05, 3.63) is 48.6 Å². The maximum atomic E-state index is 11.9. The van der Waals surface area contributed by atoms with Gasteiger partial charge in [-0.15, -0.1) is 0 Å². The monoisotopic (exact) mass is 389 g/mol. The van der Waals surface area contributed by atoms with Gasteiger partial charge in [0, 0.05) is 13.0 Å². The predicted octanol–water partition coefficient (Wildman–Crippen LogP) is 6.07. The predicted molar refractivity (Wildman–Crippen MR) is 118 cm³/mol. The second kappa shape index (κ2) is 19.7. The number of nitrogens with zero attached hydrogens (tertiary/aromatic N) is 1. The van der Waals surface area contributed by atoms with Crippen LogP contribution in [0.25, 0.3) is 0 Å². The Kier molecular flexibility index (Phi) is 18.2. The molecule has 0 fully saturated rings. The highest BCUT2D eigenvalue weighted by Crippen LogP contribution is 2.03. The molecule has 0 rings (SSSR count). The second-order valence-corrected chi connectivity index (χ2v) is 6.78. The van der Waals surface area contributed by atoms with Gasteiger partial charge in [0.1, 0.15) is 6.54 Å². The molecule has 4 nitrogen and oxygen atoms in total. The van der Waals surface area contributed by atoms with Gasteiger partial charge in [0.15, 0.2) is 0 Å². The van der Waals surface area contributed by atoms with E-state index in [0.29, 0.717) is 13.0 Å². The zero-order valence-corrected chi connectivity index (χ0v) is 17.8. The number of carboxylic acids is 1. The first kappa shape index (κ1) is 25.9. The molecule has 0 atom stereocenters. The number of hydrogen-bond acceptors (Lipinski definition) is 2. The maximum absolute atomic E-state index is 11.9. The number of carbonyl (C=O) groups excluding carboxylic acids is 1. The average molecular weight is 390 g/mol. The first-order valence-electron chi connectivity index (χ1n) is 10.7. The molecule has 0 aliphatic carbocycles. The van der Waals surface area contributed by atoms with Crippen molar-refractivity contribution < 1.29 is 14.7 Å². The van der Waals surface area contributed by atoms with Gasteiger partial charge in [-0.05, 0) is 51.9 Å². The molecule has 4 heteroatoms. The number of hydrogen-bond donors (Lipinski definition) is 1. The summed E-state index contributed by atoms with van der Waals surface area (Å²) in [6, 6.07) is 0. The van der Waals surface area contributed by atoms with Crippen LogP contribution in [0.2, 0.25) is 0 Å². The third-order valence-electron chi connectivity index (χ3n) is 4.28. The number of likely N-dealkylation sites (N-methyl/N-ethyl adjacent to an activating group) is 1. The van der Waals surface area contributed by atoms with Crippen molar-refractivity contribution in [3.63, 3.8) is 0 Å². The molecular formula is C24H39NO3. The van der Waals surface area contributed by atoms with E-state index in [1.165, 1.54) is 30.6 Å². The number of amides is 1. The van der Waals surface area contributed by atoms with Gasteiger partial charge in [0.25, 0.3) is 0 Å². The summed E-state index contributed by atoms with van der Waals surface area (Å²) in [5.74, 6) is -1.05. The summed E-state index contributed by atoms with van der Waals surface area (Å²) in [5, 5.41) is 8.77. The van der Waals surface area contributed by atoms with Crippen molar-refractivity contribution in [2.75, 3.05) is 13.1 Å². The Morgan fingerprint density at radius 2 is 1.25 bits per heavy atom. The smallest absolute Gasteiger partial charge is 0.323 e. The Morgan fingerprint density at radius 3 is 1.71 bits per heavy atom. The van der Waals surface area contributed by atoms with Gasteiger partial charge in [-0.1, -0.05) is 68.4 Å². The van der Waals surface area contributed by atoms with E-state index in [1.807, 2.05) is 0 Å². The van der Waals surface area contributed by atoms with Gasteiger partial charge in [-0.25, -0.2) is 0 Å². The lowest BCUT2D eigenvalue weighted by Crippen LogP contribution is -2.35. The maximum Gasteiger partial charge on any atom is 0.323 e. The van der Waals surface area contributed by atoms with Gasteiger partial charge < -0.3 is 10.0 Å². The van der Waals surface area contributed by atoms with Gasteiger partial charge in [-0.2, -0.15) is 0 Å². The lowest BCUT2D eigenvalue weighted by atomic mass is 10.2. The zero-order valence-electron chi connectivity index (χ0n) is 17.8. The van der Waals surface area contributed by atoms with Crippen LogP contribution in [0.4, 0.5) is 0 Å². The van der Waals surface area contributed by atoms with E-state index in [2.05, 4.69) is 55.5 Å².